The zero-order valence-electron chi connectivity index (χ0n) is 18.8. The minimum Gasteiger partial charge on any atom is -0.469 e. The van der Waals surface area contributed by atoms with Gasteiger partial charge in [0, 0.05) is 10.9 Å². The Bertz CT molecular complexity index is 1170. The number of nitriles is 1. The number of thioether (sulfide) groups is 1. The molecule has 7 nitrogen and oxygen atoms in total. The van der Waals surface area contributed by atoms with Crippen LogP contribution >= 0.6 is 23.1 Å². The van der Waals surface area contributed by atoms with E-state index in [-0.39, 0.29) is 17.7 Å². The summed E-state index contributed by atoms with van der Waals surface area (Å²) in [6, 6.07) is 4.32. The Morgan fingerprint density at radius 2 is 2.28 bits per heavy atom. The highest BCUT2D eigenvalue weighted by Gasteiger charge is 2.26. The highest BCUT2D eigenvalue weighted by atomic mass is 32.2. The molecule has 4 rings (SSSR count). The maximum Gasteiger partial charge on any atom is 0.235 e. The molecule has 1 amide bonds. The van der Waals surface area contributed by atoms with Crippen molar-refractivity contribution in [2.45, 2.75) is 64.6 Å². The molecule has 1 aliphatic carbocycles. The van der Waals surface area contributed by atoms with E-state index in [4.69, 9.17) is 4.42 Å². The Balaban J connectivity index is 1.48. The summed E-state index contributed by atoms with van der Waals surface area (Å²) in [5.74, 6) is 2.24. The van der Waals surface area contributed by atoms with Crippen molar-refractivity contribution in [3.63, 3.8) is 0 Å². The number of hydrogen-bond donors (Lipinski definition) is 1. The number of amides is 1. The highest BCUT2D eigenvalue weighted by molar-refractivity contribution is 7.99. The van der Waals surface area contributed by atoms with E-state index in [1.54, 1.807) is 17.6 Å². The molecular formula is C23H27N5O2S2. The normalized spacial score (nSPS) is 15.6. The van der Waals surface area contributed by atoms with E-state index in [9.17, 15) is 10.1 Å². The minimum absolute atomic E-state index is 0.126. The summed E-state index contributed by atoms with van der Waals surface area (Å²) >= 11 is 2.91. The van der Waals surface area contributed by atoms with Gasteiger partial charge in [0.2, 0.25) is 5.91 Å². The van der Waals surface area contributed by atoms with Crippen LogP contribution in [-0.4, -0.2) is 26.4 Å². The second kappa shape index (κ2) is 9.51. The lowest BCUT2D eigenvalue weighted by Crippen LogP contribution is -2.15. The molecule has 0 aliphatic heterocycles. The van der Waals surface area contributed by atoms with Gasteiger partial charge < -0.3 is 9.73 Å². The van der Waals surface area contributed by atoms with Gasteiger partial charge >= 0.3 is 0 Å². The maximum atomic E-state index is 12.8. The number of rotatable bonds is 7. The van der Waals surface area contributed by atoms with E-state index in [2.05, 4.69) is 42.4 Å². The lowest BCUT2D eigenvalue weighted by Gasteiger charge is -2.20. The number of thiophene rings is 1. The molecule has 0 radical (unpaired) electrons. The summed E-state index contributed by atoms with van der Waals surface area (Å²) in [5.41, 5.74) is 2.67. The standard InChI is InChI=1S/C23H27N5O2S2/c1-5-15-6-7-17-18(11-24)22(32-19(17)10-15)25-20(29)12-31-23-27-26-21(28(23)13(2)3)16-8-9-30-14(16)4/h8-9,13,15H,5-7,10,12H2,1-4H3,(H,25,29). The fourth-order valence-corrected chi connectivity index (χ4v) is 6.34. The van der Waals surface area contributed by atoms with E-state index in [1.165, 1.54) is 16.6 Å². The summed E-state index contributed by atoms with van der Waals surface area (Å²) in [6.45, 7) is 8.23. The van der Waals surface area contributed by atoms with E-state index in [0.29, 0.717) is 21.6 Å². The lowest BCUT2D eigenvalue weighted by atomic mass is 9.86. The fourth-order valence-electron chi connectivity index (χ4n) is 4.14. The first kappa shape index (κ1) is 22.6. The molecule has 9 heteroatoms. The maximum absolute atomic E-state index is 12.8. The molecule has 3 aromatic rings. The number of aryl methyl sites for hydroxylation is 1. The summed E-state index contributed by atoms with van der Waals surface area (Å²) in [5, 5.41) is 22.7. The molecule has 0 saturated carbocycles. The lowest BCUT2D eigenvalue weighted by molar-refractivity contribution is -0.113. The monoisotopic (exact) mass is 469 g/mol. The van der Waals surface area contributed by atoms with Gasteiger partial charge in [-0.1, -0.05) is 25.1 Å². The van der Waals surface area contributed by atoms with Gasteiger partial charge in [0.25, 0.3) is 0 Å². The minimum atomic E-state index is -0.142. The Hall–Kier alpha value is -2.57. The van der Waals surface area contributed by atoms with Crippen LogP contribution in [0.2, 0.25) is 0 Å². The van der Waals surface area contributed by atoms with Gasteiger partial charge in [-0.3, -0.25) is 9.36 Å². The largest absolute Gasteiger partial charge is 0.469 e. The van der Waals surface area contributed by atoms with Gasteiger partial charge in [-0.05, 0) is 57.6 Å². The third-order valence-corrected chi connectivity index (χ3v) is 8.04. The number of furan rings is 1. The molecule has 1 N–H and O–H groups in total. The zero-order valence-corrected chi connectivity index (χ0v) is 20.4. The topological polar surface area (TPSA) is 96.7 Å². The molecule has 0 aromatic carbocycles. The van der Waals surface area contributed by atoms with Crippen molar-refractivity contribution >= 4 is 34.0 Å². The van der Waals surface area contributed by atoms with Crippen molar-refractivity contribution < 1.29 is 9.21 Å². The summed E-state index contributed by atoms with van der Waals surface area (Å²) in [6.07, 6.45) is 5.82. The molecular weight excluding hydrogens is 442 g/mol. The van der Waals surface area contributed by atoms with Crippen LogP contribution in [-0.2, 0) is 17.6 Å². The molecule has 3 heterocycles. The second-order valence-corrected chi connectivity index (χ2v) is 10.4. The molecule has 0 spiro atoms. The molecule has 0 fully saturated rings. The van der Waals surface area contributed by atoms with E-state index in [0.717, 1.165) is 48.4 Å². The average Bonchev–Trinajstić information content (AvgIpc) is 3.47. The van der Waals surface area contributed by atoms with E-state index < -0.39 is 0 Å². The first-order chi connectivity index (χ1) is 15.4. The SMILES string of the molecule is CCC1CCc2c(sc(NC(=O)CSc3nnc(-c4ccoc4C)n3C(C)C)c2C#N)C1. The highest BCUT2D eigenvalue weighted by Crippen LogP contribution is 2.40. The number of carbonyl (C=O) groups excluding carboxylic acids is 1. The van der Waals surface area contributed by atoms with Crippen LogP contribution in [0.3, 0.4) is 0 Å². The first-order valence-corrected chi connectivity index (χ1v) is 12.7. The van der Waals surface area contributed by atoms with Crippen molar-refractivity contribution in [1.29, 1.82) is 5.26 Å². The number of aromatic nitrogens is 3. The molecule has 32 heavy (non-hydrogen) atoms. The Labute approximate surface area is 196 Å². The third-order valence-electron chi connectivity index (χ3n) is 5.92. The molecule has 0 bridgehead atoms. The fraction of sp³-hybridized carbons (Fsp3) is 0.478. The van der Waals surface area contributed by atoms with E-state index >= 15 is 0 Å². The number of fused-ring (bicyclic) bond motifs is 1. The van der Waals surface area contributed by atoms with Crippen molar-refractivity contribution in [3.8, 4) is 17.5 Å². The second-order valence-electron chi connectivity index (χ2n) is 8.33. The van der Waals surface area contributed by atoms with Gasteiger partial charge in [-0.2, -0.15) is 5.26 Å². The summed E-state index contributed by atoms with van der Waals surface area (Å²) < 4.78 is 7.44. The molecule has 1 atom stereocenters. The Morgan fingerprint density at radius 3 is 2.94 bits per heavy atom. The molecule has 1 aliphatic rings. The van der Waals surface area contributed by atoms with Crippen LogP contribution in [0.4, 0.5) is 5.00 Å². The number of nitrogens with zero attached hydrogens (tertiary/aromatic N) is 4. The van der Waals surface area contributed by atoms with Crippen molar-refractivity contribution in [2.24, 2.45) is 5.92 Å². The molecule has 0 saturated heterocycles. The van der Waals surface area contributed by atoms with Crippen LogP contribution in [0.5, 0.6) is 0 Å². The van der Waals surface area contributed by atoms with Crippen LogP contribution in [0.15, 0.2) is 21.9 Å². The predicted molar refractivity (Wildman–Crippen MR) is 127 cm³/mol. The molecule has 1 unspecified atom stereocenters. The third kappa shape index (κ3) is 4.34. The van der Waals surface area contributed by atoms with Gasteiger partial charge in [0.05, 0.1) is 23.1 Å². The zero-order chi connectivity index (χ0) is 22.8. The van der Waals surface area contributed by atoms with E-state index in [1.807, 2.05) is 17.6 Å². The van der Waals surface area contributed by atoms with Gasteiger partial charge in [-0.25, -0.2) is 0 Å². The summed E-state index contributed by atoms with van der Waals surface area (Å²) in [4.78, 5) is 14.0. The van der Waals surface area contributed by atoms with Crippen LogP contribution < -0.4 is 5.32 Å². The van der Waals surface area contributed by atoms with Crippen molar-refractivity contribution in [2.75, 3.05) is 11.1 Å². The van der Waals surface area contributed by atoms with Crippen LogP contribution in [0, 0.1) is 24.2 Å². The van der Waals surface area contributed by atoms with Crippen molar-refractivity contribution in [3.05, 3.63) is 34.1 Å². The van der Waals surface area contributed by atoms with Crippen LogP contribution in [0.25, 0.3) is 11.4 Å². The molecule has 168 valence electrons. The van der Waals surface area contributed by atoms with Crippen molar-refractivity contribution in [1.82, 2.24) is 14.8 Å². The number of hydrogen-bond acceptors (Lipinski definition) is 7. The summed E-state index contributed by atoms with van der Waals surface area (Å²) in [7, 11) is 0. The van der Waals surface area contributed by atoms with Crippen LogP contribution in [0.1, 0.15) is 61.4 Å². The molecule has 3 aromatic heterocycles. The number of nitrogens with one attached hydrogen (secondary N) is 1. The Morgan fingerprint density at radius 1 is 1.47 bits per heavy atom. The number of carbonyl (C=O) groups is 1. The average molecular weight is 470 g/mol. The smallest absolute Gasteiger partial charge is 0.235 e. The van der Waals surface area contributed by atoms with Gasteiger partial charge in [-0.15, -0.1) is 21.5 Å². The number of anilines is 1. The first-order valence-electron chi connectivity index (χ1n) is 10.9. The predicted octanol–water partition coefficient (Wildman–Crippen LogP) is 5.61. The van der Waals surface area contributed by atoms with Gasteiger partial charge in [0.1, 0.15) is 16.8 Å². The quantitative estimate of drug-likeness (QED) is 0.452. The van der Waals surface area contributed by atoms with Gasteiger partial charge in [0.15, 0.2) is 11.0 Å². The Kier molecular flexibility index (Phi) is 6.72.